The summed E-state index contributed by atoms with van der Waals surface area (Å²) >= 11 is 2.63. The summed E-state index contributed by atoms with van der Waals surface area (Å²) in [5.41, 5.74) is 0.431. The summed E-state index contributed by atoms with van der Waals surface area (Å²) in [6.45, 7) is 5.44. The second-order valence-electron chi connectivity index (χ2n) is 4.93. The maximum atomic E-state index is 10.4. The number of carboxylic acids is 1. The van der Waals surface area contributed by atoms with Gasteiger partial charge in [-0.3, -0.25) is 4.79 Å². The van der Waals surface area contributed by atoms with Crippen molar-refractivity contribution in [3.63, 3.8) is 0 Å². The van der Waals surface area contributed by atoms with Gasteiger partial charge >= 0.3 is 5.97 Å². The summed E-state index contributed by atoms with van der Waals surface area (Å²) in [6.07, 6.45) is 2.55. The minimum atomic E-state index is -0.832. The largest absolute Gasteiger partial charge is 0.481 e. The second-order valence-corrected chi connectivity index (χ2v) is 7.13. The average Bonchev–Trinajstić information content (AvgIpc) is 2.98. The maximum Gasteiger partial charge on any atom is 0.313 e. The summed E-state index contributed by atoms with van der Waals surface area (Å²) in [7, 11) is 0. The molecule has 0 bridgehead atoms. The normalized spacial score (nSPS) is 16.8. The monoisotopic (exact) mass is 287 g/mol. The van der Waals surface area contributed by atoms with Crippen molar-refractivity contribution in [2.45, 2.75) is 31.0 Å². The lowest BCUT2D eigenvalue weighted by molar-refractivity contribution is -0.133. The van der Waals surface area contributed by atoms with E-state index in [1.165, 1.54) is 35.9 Å². The lowest BCUT2D eigenvalue weighted by Crippen LogP contribution is -2.20. The van der Waals surface area contributed by atoms with Crippen molar-refractivity contribution in [2.24, 2.45) is 11.3 Å². The highest BCUT2D eigenvalue weighted by molar-refractivity contribution is 8.01. The number of anilines is 1. The molecule has 0 saturated heterocycles. The van der Waals surface area contributed by atoms with Crippen molar-refractivity contribution in [2.75, 3.05) is 17.6 Å². The molecule has 2 rings (SSSR count). The molecule has 5 nitrogen and oxygen atoms in total. The van der Waals surface area contributed by atoms with Crippen LogP contribution in [0.4, 0.5) is 5.13 Å². The van der Waals surface area contributed by atoms with Crippen LogP contribution in [0, 0.1) is 11.3 Å². The third-order valence-corrected chi connectivity index (χ3v) is 5.43. The van der Waals surface area contributed by atoms with Crippen LogP contribution in [-0.4, -0.2) is 33.6 Å². The maximum absolute atomic E-state index is 10.4. The van der Waals surface area contributed by atoms with Crippen LogP contribution in [0.3, 0.4) is 0 Å². The molecule has 0 spiro atoms. The molecular formula is C11H17N3O2S2. The molecule has 100 valence electrons. The van der Waals surface area contributed by atoms with E-state index >= 15 is 0 Å². The van der Waals surface area contributed by atoms with Crippen molar-refractivity contribution in [3.8, 4) is 0 Å². The van der Waals surface area contributed by atoms with Crippen molar-refractivity contribution in [1.29, 1.82) is 0 Å². The quantitative estimate of drug-likeness (QED) is 0.751. The minimum Gasteiger partial charge on any atom is -0.481 e. The van der Waals surface area contributed by atoms with Gasteiger partial charge in [-0.25, -0.2) is 0 Å². The number of nitrogens with one attached hydrogen (secondary N) is 1. The third-order valence-electron chi connectivity index (χ3n) is 3.43. The summed E-state index contributed by atoms with van der Waals surface area (Å²) in [5, 5.41) is 20.7. The molecule has 0 amide bonds. The molecule has 1 fully saturated rings. The predicted octanol–water partition coefficient (Wildman–Crippen LogP) is 2.56. The van der Waals surface area contributed by atoms with Crippen LogP contribution in [0.5, 0.6) is 0 Å². The van der Waals surface area contributed by atoms with Crippen LogP contribution in [0.1, 0.15) is 26.7 Å². The minimum absolute atomic E-state index is 0.0323. The number of carboxylic acid groups (broad SMARTS) is 1. The summed E-state index contributed by atoms with van der Waals surface area (Å²) in [4.78, 5) is 10.4. The van der Waals surface area contributed by atoms with E-state index in [1.807, 2.05) is 0 Å². The molecular weight excluding hydrogens is 270 g/mol. The Kier molecular flexibility index (Phi) is 4.11. The molecule has 1 aliphatic rings. The Labute approximate surface area is 114 Å². The first-order chi connectivity index (χ1) is 8.52. The molecule has 1 heterocycles. The van der Waals surface area contributed by atoms with Crippen molar-refractivity contribution in [1.82, 2.24) is 10.2 Å². The molecule has 1 aliphatic carbocycles. The molecule has 1 aromatic heterocycles. The van der Waals surface area contributed by atoms with E-state index in [4.69, 9.17) is 5.11 Å². The van der Waals surface area contributed by atoms with Crippen LogP contribution >= 0.6 is 23.1 Å². The van der Waals surface area contributed by atoms with Gasteiger partial charge in [0.25, 0.3) is 0 Å². The zero-order chi connectivity index (χ0) is 13.2. The number of aromatic nitrogens is 2. The molecule has 0 aromatic carbocycles. The van der Waals surface area contributed by atoms with Gasteiger partial charge in [0.2, 0.25) is 5.13 Å². The Bertz CT molecular complexity index is 430. The number of hydrogen-bond acceptors (Lipinski definition) is 6. The van der Waals surface area contributed by atoms with Crippen molar-refractivity contribution < 1.29 is 9.90 Å². The van der Waals surface area contributed by atoms with E-state index in [9.17, 15) is 4.79 Å². The van der Waals surface area contributed by atoms with Gasteiger partial charge < -0.3 is 10.4 Å². The Morgan fingerprint density at radius 3 is 2.83 bits per heavy atom. The second kappa shape index (κ2) is 5.44. The summed E-state index contributed by atoms with van der Waals surface area (Å²) < 4.78 is 0.703. The van der Waals surface area contributed by atoms with Gasteiger partial charge in [-0.2, -0.15) is 0 Å². The van der Waals surface area contributed by atoms with Gasteiger partial charge in [-0.15, -0.1) is 10.2 Å². The number of aliphatic carboxylic acids is 1. The SMILES string of the molecule is CC(C)C1(CNc2nnc(SCC(=O)O)s2)CC1. The van der Waals surface area contributed by atoms with Gasteiger partial charge in [-0.05, 0) is 24.2 Å². The topological polar surface area (TPSA) is 75.1 Å². The fourth-order valence-electron chi connectivity index (χ4n) is 1.83. The fraction of sp³-hybridized carbons (Fsp3) is 0.727. The van der Waals surface area contributed by atoms with E-state index < -0.39 is 5.97 Å². The first-order valence-electron chi connectivity index (χ1n) is 5.94. The summed E-state index contributed by atoms with van der Waals surface area (Å²) in [6, 6.07) is 0. The smallest absolute Gasteiger partial charge is 0.313 e. The predicted molar refractivity (Wildman–Crippen MR) is 73.3 cm³/mol. The Balaban J connectivity index is 1.82. The van der Waals surface area contributed by atoms with Gasteiger partial charge in [-0.1, -0.05) is 36.9 Å². The molecule has 18 heavy (non-hydrogen) atoms. The molecule has 1 saturated carbocycles. The number of rotatable bonds is 7. The Hall–Kier alpha value is -0.820. The van der Waals surface area contributed by atoms with Crippen LogP contribution in [0.15, 0.2) is 4.34 Å². The van der Waals surface area contributed by atoms with E-state index in [0.29, 0.717) is 15.7 Å². The zero-order valence-electron chi connectivity index (χ0n) is 10.5. The number of thioether (sulfide) groups is 1. The molecule has 0 unspecified atom stereocenters. The Morgan fingerprint density at radius 1 is 1.56 bits per heavy atom. The lowest BCUT2D eigenvalue weighted by Gasteiger charge is -2.19. The van der Waals surface area contributed by atoms with E-state index in [2.05, 4.69) is 29.4 Å². The highest BCUT2D eigenvalue weighted by Crippen LogP contribution is 2.51. The highest BCUT2D eigenvalue weighted by Gasteiger charge is 2.45. The number of nitrogens with zero attached hydrogens (tertiary/aromatic N) is 2. The van der Waals surface area contributed by atoms with Gasteiger partial charge in [0.15, 0.2) is 4.34 Å². The third kappa shape index (κ3) is 3.35. The van der Waals surface area contributed by atoms with Gasteiger partial charge in [0, 0.05) is 6.54 Å². The number of hydrogen-bond donors (Lipinski definition) is 2. The van der Waals surface area contributed by atoms with Crippen molar-refractivity contribution >= 4 is 34.2 Å². The van der Waals surface area contributed by atoms with Gasteiger partial charge in [0.05, 0.1) is 5.75 Å². The fourth-order valence-corrected chi connectivity index (χ4v) is 3.30. The van der Waals surface area contributed by atoms with Crippen LogP contribution in [0.25, 0.3) is 0 Å². The molecule has 7 heteroatoms. The van der Waals surface area contributed by atoms with E-state index in [-0.39, 0.29) is 5.75 Å². The highest BCUT2D eigenvalue weighted by atomic mass is 32.2. The lowest BCUT2D eigenvalue weighted by atomic mass is 9.92. The molecule has 0 aliphatic heterocycles. The number of carbonyl (C=O) groups is 1. The van der Waals surface area contributed by atoms with E-state index in [0.717, 1.165) is 11.7 Å². The van der Waals surface area contributed by atoms with Crippen LogP contribution in [0.2, 0.25) is 0 Å². The van der Waals surface area contributed by atoms with Gasteiger partial charge in [0.1, 0.15) is 0 Å². The first kappa shape index (κ1) is 13.6. The van der Waals surface area contributed by atoms with Crippen LogP contribution < -0.4 is 5.32 Å². The average molecular weight is 287 g/mol. The molecule has 0 atom stereocenters. The van der Waals surface area contributed by atoms with Crippen molar-refractivity contribution in [3.05, 3.63) is 0 Å². The van der Waals surface area contributed by atoms with Crippen LogP contribution in [-0.2, 0) is 4.79 Å². The molecule has 0 radical (unpaired) electrons. The Morgan fingerprint density at radius 2 is 2.28 bits per heavy atom. The van der Waals surface area contributed by atoms with E-state index in [1.54, 1.807) is 0 Å². The zero-order valence-corrected chi connectivity index (χ0v) is 12.1. The molecule has 1 aromatic rings. The first-order valence-corrected chi connectivity index (χ1v) is 7.74. The molecule has 2 N–H and O–H groups in total. The summed E-state index contributed by atoms with van der Waals surface area (Å²) in [5.74, 6) is -0.120. The standard InChI is InChI=1S/C11H17N3O2S2/c1-7(2)11(3-4-11)6-12-9-13-14-10(18-9)17-5-8(15)16/h7H,3-6H2,1-2H3,(H,12,13)(H,15,16).